The van der Waals surface area contributed by atoms with Gasteiger partial charge >= 0.3 is 0 Å². The summed E-state index contributed by atoms with van der Waals surface area (Å²) in [6.45, 7) is 3.54. The molecule has 0 amide bonds. The molecule has 21 heavy (non-hydrogen) atoms. The highest BCUT2D eigenvalue weighted by Gasteiger charge is 2.14. The van der Waals surface area contributed by atoms with Gasteiger partial charge in [-0.3, -0.25) is 0 Å². The third kappa shape index (κ3) is 5.74. The Morgan fingerprint density at radius 2 is 1.95 bits per heavy atom. The topological polar surface area (TPSA) is 81.4 Å². The van der Waals surface area contributed by atoms with Crippen molar-refractivity contribution in [1.82, 2.24) is 4.72 Å². The van der Waals surface area contributed by atoms with Crippen LogP contribution in [0.5, 0.6) is 0 Å². The quantitative estimate of drug-likeness (QED) is 0.645. The van der Waals surface area contributed by atoms with E-state index in [9.17, 15) is 8.42 Å². The van der Waals surface area contributed by atoms with Crippen LogP contribution >= 0.6 is 0 Å². The predicted octanol–water partition coefficient (Wildman–Crippen LogP) is 1.80. The highest BCUT2D eigenvalue weighted by atomic mass is 32.2. The minimum Gasteiger partial charge on any atom is -0.385 e. The van der Waals surface area contributed by atoms with Crippen LogP contribution in [0, 0.1) is 0 Å². The monoisotopic (exact) mass is 314 g/mol. The van der Waals surface area contributed by atoms with E-state index in [4.69, 9.17) is 10.5 Å². The van der Waals surface area contributed by atoms with Crippen molar-refractivity contribution in [1.29, 1.82) is 0 Å². The van der Waals surface area contributed by atoms with Crippen LogP contribution in [-0.4, -0.2) is 28.7 Å². The van der Waals surface area contributed by atoms with Gasteiger partial charge in [0, 0.05) is 26.8 Å². The summed E-state index contributed by atoms with van der Waals surface area (Å²) in [6.07, 6.45) is 3.54. The second-order valence-electron chi connectivity index (χ2n) is 4.94. The molecular formula is C15H26N2O3S. The number of rotatable bonds is 10. The van der Waals surface area contributed by atoms with Crippen LogP contribution in [0.1, 0.15) is 37.3 Å². The summed E-state index contributed by atoms with van der Waals surface area (Å²) >= 11 is 0. The van der Waals surface area contributed by atoms with E-state index in [2.05, 4.69) is 4.72 Å². The van der Waals surface area contributed by atoms with Gasteiger partial charge in [0.1, 0.15) is 0 Å². The summed E-state index contributed by atoms with van der Waals surface area (Å²) in [4.78, 5) is 0.289. The SMILES string of the molecule is CCc1ccc(S(=O)(=O)NCCCCCOC)cc1CN. The van der Waals surface area contributed by atoms with Crippen LogP contribution in [0.15, 0.2) is 23.1 Å². The molecule has 0 heterocycles. The van der Waals surface area contributed by atoms with Gasteiger partial charge in [0.15, 0.2) is 0 Å². The predicted molar refractivity (Wildman–Crippen MR) is 84.6 cm³/mol. The van der Waals surface area contributed by atoms with E-state index in [1.165, 1.54) is 0 Å². The Bertz CT molecular complexity index is 530. The number of aryl methyl sites for hydroxylation is 1. The Balaban J connectivity index is 2.62. The summed E-state index contributed by atoms with van der Waals surface area (Å²) in [7, 11) is -1.78. The number of nitrogens with two attached hydrogens (primary N) is 1. The van der Waals surface area contributed by atoms with Crippen molar-refractivity contribution < 1.29 is 13.2 Å². The largest absolute Gasteiger partial charge is 0.385 e. The fourth-order valence-corrected chi connectivity index (χ4v) is 3.27. The van der Waals surface area contributed by atoms with E-state index in [1.807, 2.05) is 13.0 Å². The molecule has 1 aromatic rings. The Labute approximate surface area is 127 Å². The zero-order chi connectivity index (χ0) is 15.7. The number of ether oxygens (including phenoxy) is 1. The maximum Gasteiger partial charge on any atom is 0.240 e. The molecule has 1 rings (SSSR count). The van der Waals surface area contributed by atoms with Crippen LogP contribution in [-0.2, 0) is 27.7 Å². The summed E-state index contributed by atoms with van der Waals surface area (Å²) in [5.74, 6) is 0. The molecule has 0 radical (unpaired) electrons. The van der Waals surface area contributed by atoms with Gasteiger partial charge in [0.05, 0.1) is 4.90 Å². The lowest BCUT2D eigenvalue weighted by Gasteiger charge is -2.10. The van der Waals surface area contributed by atoms with Gasteiger partial charge < -0.3 is 10.5 Å². The number of sulfonamides is 1. The molecule has 3 N–H and O–H groups in total. The second-order valence-corrected chi connectivity index (χ2v) is 6.71. The van der Waals surface area contributed by atoms with Crippen LogP contribution in [0.3, 0.4) is 0 Å². The van der Waals surface area contributed by atoms with Crippen molar-refractivity contribution in [3.63, 3.8) is 0 Å². The highest BCUT2D eigenvalue weighted by molar-refractivity contribution is 7.89. The molecular weight excluding hydrogens is 288 g/mol. The lowest BCUT2D eigenvalue weighted by atomic mass is 10.1. The first-order valence-electron chi connectivity index (χ1n) is 7.35. The van der Waals surface area contributed by atoms with Crippen molar-refractivity contribution in [2.75, 3.05) is 20.3 Å². The van der Waals surface area contributed by atoms with Crippen molar-refractivity contribution in [3.05, 3.63) is 29.3 Å². The number of methoxy groups -OCH3 is 1. The molecule has 0 bridgehead atoms. The van der Waals surface area contributed by atoms with Crippen LogP contribution in [0.2, 0.25) is 0 Å². The summed E-state index contributed by atoms with van der Waals surface area (Å²) in [6, 6.07) is 5.16. The van der Waals surface area contributed by atoms with Gasteiger partial charge in [-0.2, -0.15) is 0 Å². The molecule has 0 aliphatic carbocycles. The molecule has 0 aliphatic heterocycles. The molecule has 0 spiro atoms. The first kappa shape index (κ1) is 18.1. The Morgan fingerprint density at radius 1 is 1.19 bits per heavy atom. The average molecular weight is 314 g/mol. The molecule has 0 unspecified atom stereocenters. The normalized spacial score (nSPS) is 11.8. The summed E-state index contributed by atoms with van der Waals surface area (Å²) in [5, 5.41) is 0. The zero-order valence-electron chi connectivity index (χ0n) is 12.9. The van der Waals surface area contributed by atoms with E-state index >= 15 is 0 Å². The number of unbranched alkanes of at least 4 members (excludes halogenated alkanes) is 2. The average Bonchev–Trinajstić information content (AvgIpc) is 2.49. The van der Waals surface area contributed by atoms with E-state index < -0.39 is 10.0 Å². The molecule has 0 fully saturated rings. The van der Waals surface area contributed by atoms with E-state index in [0.29, 0.717) is 19.7 Å². The molecule has 0 atom stereocenters. The molecule has 120 valence electrons. The van der Waals surface area contributed by atoms with Crippen LogP contribution < -0.4 is 10.5 Å². The third-order valence-corrected chi connectivity index (χ3v) is 4.86. The number of nitrogens with one attached hydrogen (secondary N) is 1. The number of benzene rings is 1. The first-order valence-corrected chi connectivity index (χ1v) is 8.84. The maximum atomic E-state index is 12.2. The fraction of sp³-hybridized carbons (Fsp3) is 0.600. The Morgan fingerprint density at radius 3 is 2.57 bits per heavy atom. The summed E-state index contributed by atoms with van der Waals surface area (Å²) < 4.78 is 32.0. The van der Waals surface area contributed by atoms with Gasteiger partial charge in [-0.15, -0.1) is 0 Å². The van der Waals surface area contributed by atoms with Crippen LogP contribution in [0.4, 0.5) is 0 Å². The molecule has 0 saturated carbocycles. The zero-order valence-corrected chi connectivity index (χ0v) is 13.7. The van der Waals surface area contributed by atoms with Crippen molar-refractivity contribution in [2.24, 2.45) is 5.73 Å². The van der Waals surface area contributed by atoms with Gasteiger partial charge in [-0.25, -0.2) is 13.1 Å². The van der Waals surface area contributed by atoms with E-state index in [0.717, 1.165) is 36.8 Å². The molecule has 5 nitrogen and oxygen atoms in total. The lowest BCUT2D eigenvalue weighted by Crippen LogP contribution is -2.25. The second kappa shape index (κ2) is 9.15. The Kier molecular flexibility index (Phi) is 7.88. The Hall–Kier alpha value is -0.950. The van der Waals surface area contributed by atoms with Gasteiger partial charge in [0.2, 0.25) is 10.0 Å². The summed E-state index contributed by atoms with van der Waals surface area (Å²) in [5.41, 5.74) is 7.66. The van der Waals surface area contributed by atoms with Gasteiger partial charge in [-0.1, -0.05) is 13.0 Å². The maximum absolute atomic E-state index is 12.2. The highest BCUT2D eigenvalue weighted by Crippen LogP contribution is 2.16. The van der Waals surface area contributed by atoms with E-state index in [1.54, 1.807) is 19.2 Å². The first-order chi connectivity index (χ1) is 10.0. The van der Waals surface area contributed by atoms with Crippen molar-refractivity contribution in [3.8, 4) is 0 Å². The molecule has 6 heteroatoms. The number of hydrogen-bond donors (Lipinski definition) is 2. The molecule has 0 aliphatic rings. The van der Waals surface area contributed by atoms with Crippen molar-refractivity contribution >= 4 is 10.0 Å². The molecule has 0 saturated heterocycles. The van der Waals surface area contributed by atoms with Crippen LogP contribution in [0.25, 0.3) is 0 Å². The standard InChI is InChI=1S/C15H26N2O3S/c1-3-13-7-8-15(11-14(13)12-16)21(18,19)17-9-5-4-6-10-20-2/h7-8,11,17H,3-6,9-10,12,16H2,1-2H3. The number of hydrogen-bond acceptors (Lipinski definition) is 4. The van der Waals surface area contributed by atoms with Gasteiger partial charge in [-0.05, 0) is 48.9 Å². The van der Waals surface area contributed by atoms with Crippen molar-refractivity contribution in [2.45, 2.75) is 44.0 Å². The minimum absolute atomic E-state index is 0.289. The van der Waals surface area contributed by atoms with Gasteiger partial charge in [0.25, 0.3) is 0 Å². The molecule has 1 aromatic carbocycles. The fourth-order valence-electron chi connectivity index (χ4n) is 2.14. The smallest absolute Gasteiger partial charge is 0.240 e. The molecule has 0 aromatic heterocycles. The minimum atomic E-state index is -3.45. The third-order valence-electron chi connectivity index (χ3n) is 3.41. The lowest BCUT2D eigenvalue weighted by molar-refractivity contribution is 0.192. The van der Waals surface area contributed by atoms with E-state index in [-0.39, 0.29) is 4.90 Å².